The van der Waals surface area contributed by atoms with Crippen molar-refractivity contribution in [2.45, 2.75) is 6.42 Å². The number of rotatable bonds is 5. The molecule has 2 aromatic carbocycles. The minimum atomic E-state index is -0.432. The van der Waals surface area contributed by atoms with Gasteiger partial charge in [-0.3, -0.25) is 14.9 Å². The largest absolute Gasteiger partial charge is 0.302 e. The summed E-state index contributed by atoms with van der Waals surface area (Å²) in [5.41, 5.74) is 1.60. The van der Waals surface area contributed by atoms with Gasteiger partial charge in [-0.2, -0.15) is 0 Å². The van der Waals surface area contributed by atoms with Gasteiger partial charge in [0.2, 0.25) is 5.91 Å². The molecular formula is C19H13N3O3S2. The SMILES string of the molecule is O=C(Cc1ccc2ccccc2c1)Nc1nc(-c2cc([N+](=O)[O-])cs2)cs1. The van der Waals surface area contributed by atoms with E-state index >= 15 is 0 Å². The summed E-state index contributed by atoms with van der Waals surface area (Å²) in [6.45, 7) is 0. The third-order valence-electron chi connectivity index (χ3n) is 3.98. The molecule has 0 aliphatic rings. The quantitative estimate of drug-likeness (QED) is 0.376. The Kier molecular flexibility index (Phi) is 4.66. The highest BCUT2D eigenvalue weighted by molar-refractivity contribution is 7.16. The number of fused-ring (bicyclic) bond motifs is 1. The zero-order chi connectivity index (χ0) is 18.8. The van der Waals surface area contributed by atoms with E-state index < -0.39 is 4.92 Å². The van der Waals surface area contributed by atoms with E-state index in [-0.39, 0.29) is 18.0 Å². The lowest BCUT2D eigenvalue weighted by Crippen LogP contribution is -2.14. The lowest BCUT2D eigenvalue weighted by atomic mass is 10.1. The van der Waals surface area contributed by atoms with Crippen molar-refractivity contribution in [3.05, 3.63) is 75.0 Å². The topological polar surface area (TPSA) is 85.1 Å². The third kappa shape index (κ3) is 3.86. The first-order valence-corrected chi connectivity index (χ1v) is 9.81. The fourth-order valence-corrected chi connectivity index (χ4v) is 4.32. The lowest BCUT2D eigenvalue weighted by Gasteiger charge is -2.04. The summed E-state index contributed by atoms with van der Waals surface area (Å²) in [6.07, 6.45) is 0.254. The summed E-state index contributed by atoms with van der Waals surface area (Å²) in [7, 11) is 0. The van der Waals surface area contributed by atoms with Crippen LogP contribution in [0, 0.1) is 10.1 Å². The number of hydrogen-bond acceptors (Lipinski definition) is 6. The van der Waals surface area contributed by atoms with Crippen LogP contribution in [-0.4, -0.2) is 15.8 Å². The van der Waals surface area contributed by atoms with Crippen LogP contribution in [0.3, 0.4) is 0 Å². The average molecular weight is 395 g/mol. The number of carbonyl (C=O) groups excluding carboxylic acids is 1. The van der Waals surface area contributed by atoms with Crippen molar-refractivity contribution in [1.29, 1.82) is 0 Å². The number of thiophene rings is 1. The Labute approximate surface area is 162 Å². The molecule has 2 aromatic heterocycles. The van der Waals surface area contributed by atoms with Gasteiger partial charge in [0.25, 0.3) is 5.69 Å². The Morgan fingerprint density at radius 2 is 1.89 bits per heavy atom. The van der Waals surface area contributed by atoms with E-state index in [1.807, 2.05) is 42.5 Å². The van der Waals surface area contributed by atoms with Gasteiger partial charge in [0.05, 0.1) is 27.3 Å². The molecule has 8 heteroatoms. The van der Waals surface area contributed by atoms with Crippen molar-refractivity contribution in [2.75, 3.05) is 5.32 Å². The van der Waals surface area contributed by atoms with E-state index in [4.69, 9.17) is 0 Å². The molecule has 0 unspecified atom stereocenters. The van der Waals surface area contributed by atoms with Crippen LogP contribution in [0.25, 0.3) is 21.3 Å². The van der Waals surface area contributed by atoms with Crippen LogP contribution in [0.1, 0.15) is 5.56 Å². The number of anilines is 1. The highest BCUT2D eigenvalue weighted by Gasteiger charge is 2.14. The smallest absolute Gasteiger partial charge is 0.280 e. The summed E-state index contributed by atoms with van der Waals surface area (Å²) in [6, 6.07) is 15.4. The second-order valence-corrected chi connectivity index (χ2v) is 7.64. The fraction of sp³-hybridized carbons (Fsp3) is 0.0526. The van der Waals surface area contributed by atoms with Crippen LogP contribution >= 0.6 is 22.7 Å². The van der Waals surface area contributed by atoms with Crippen LogP contribution < -0.4 is 5.32 Å². The van der Waals surface area contributed by atoms with Crippen LogP contribution in [-0.2, 0) is 11.2 Å². The van der Waals surface area contributed by atoms with Gasteiger partial charge in [0.1, 0.15) is 0 Å². The van der Waals surface area contributed by atoms with Crippen LogP contribution in [0.2, 0.25) is 0 Å². The number of nitro groups is 1. The monoisotopic (exact) mass is 395 g/mol. The van der Waals surface area contributed by atoms with Gasteiger partial charge in [-0.25, -0.2) is 4.98 Å². The molecule has 1 amide bonds. The van der Waals surface area contributed by atoms with E-state index in [0.29, 0.717) is 15.7 Å². The summed E-state index contributed by atoms with van der Waals surface area (Å²) >= 11 is 2.55. The number of nitrogens with zero attached hydrogens (tertiary/aromatic N) is 2. The highest BCUT2D eigenvalue weighted by Crippen LogP contribution is 2.32. The molecule has 0 saturated heterocycles. The normalized spacial score (nSPS) is 10.8. The van der Waals surface area contributed by atoms with Crippen LogP contribution in [0.5, 0.6) is 0 Å². The van der Waals surface area contributed by atoms with Gasteiger partial charge < -0.3 is 5.32 Å². The number of nitrogens with one attached hydrogen (secondary N) is 1. The molecule has 6 nitrogen and oxygen atoms in total. The molecular weight excluding hydrogens is 382 g/mol. The number of aromatic nitrogens is 1. The van der Waals surface area contributed by atoms with Gasteiger partial charge in [-0.15, -0.1) is 22.7 Å². The Morgan fingerprint density at radius 3 is 2.67 bits per heavy atom. The zero-order valence-corrected chi connectivity index (χ0v) is 15.5. The predicted molar refractivity (Wildman–Crippen MR) is 108 cm³/mol. The van der Waals surface area contributed by atoms with Gasteiger partial charge in [0.15, 0.2) is 5.13 Å². The molecule has 27 heavy (non-hydrogen) atoms. The highest BCUT2D eigenvalue weighted by atomic mass is 32.1. The van der Waals surface area contributed by atoms with Gasteiger partial charge in [0, 0.05) is 11.4 Å². The van der Waals surface area contributed by atoms with E-state index in [1.165, 1.54) is 34.1 Å². The average Bonchev–Trinajstić information content (AvgIpc) is 3.31. The van der Waals surface area contributed by atoms with E-state index in [1.54, 1.807) is 5.38 Å². The fourth-order valence-electron chi connectivity index (χ4n) is 2.70. The van der Waals surface area contributed by atoms with Crippen molar-refractivity contribution in [2.24, 2.45) is 0 Å². The Hall–Kier alpha value is -3.10. The molecule has 4 rings (SSSR count). The van der Waals surface area contributed by atoms with Crippen LogP contribution in [0.4, 0.5) is 10.8 Å². The maximum Gasteiger partial charge on any atom is 0.280 e. The number of thiazole rings is 1. The second kappa shape index (κ2) is 7.26. The Balaban J connectivity index is 1.44. The summed E-state index contributed by atoms with van der Waals surface area (Å²) in [4.78, 5) is 27.7. The first kappa shape index (κ1) is 17.3. The number of carbonyl (C=O) groups is 1. The van der Waals surface area contributed by atoms with Crippen molar-refractivity contribution in [3.63, 3.8) is 0 Å². The first-order chi connectivity index (χ1) is 13.1. The molecule has 4 aromatic rings. The summed E-state index contributed by atoms with van der Waals surface area (Å²) in [5.74, 6) is -0.150. The van der Waals surface area contributed by atoms with E-state index in [2.05, 4.69) is 10.3 Å². The molecule has 0 spiro atoms. The maximum atomic E-state index is 12.3. The maximum absolute atomic E-state index is 12.3. The molecule has 0 radical (unpaired) electrons. The Bertz CT molecular complexity index is 1150. The summed E-state index contributed by atoms with van der Waals surface area (Å²) < 4.78 is 0. The lowest BCUT2D eigenvalue weighted by molar-refractivity contribution is -0.384. The molecule has 134 valence electrons. The van der Waals surface area contributed by atoms with E-state index in [0.717, 1.165) is 16.3 Å². The first-order valence-electron chi connectivity index (χ1n) is 8.05. The molecule has 1 N–H and O–H groups in total. The molecule has 0 aliphatic carbocycles. The molecule has 0 atom stereocenters. The zero-order valence-electron chi connectivity index (χ0n) is 13.9. The minimum Gasteiger partial charge on any atom is -0.302 e. The van der Waals surface area contributed by atoms with Crippen molar-refractivity contribution >= 4 is 50.2 Å². The van der Waals surface area contributed by atoms with Gasteiger partial charge >= 0.3 is 0 Å². The minimum absolute atomic E-state index is 0.0462. The van der Waals surface area contributed by atoms with Crippen molar-refractivity contribution in [1.82, 2.24) is 4.98 Å². The number of benzene rings is 2. The van der Waals surface area contributed by atoms with Crippen molar-refractivity contribution < 1.29 is 9.72 Å². The van der Waals surface area contributed by atoms with Gasteiger partial charge in [-0.1, -0.05) is 42.5 Å². The molecule has 2 heterocycles. The standard InChI is InChI=1S/C19H13N3O3S2/c23-18(8-12-5-6-13-3-1-2-4-14(13)7-12)21-19-20-16(11-27-19)17-9-15(10-26-17)22(24)25/h1-7,9-11H,8H2,(H,20,21,23). The van der Waals surface area contributed by atoms with Gasteiger partial charge in [-0.05, 0) is 16.3 Å². The molecule has 0 bridgehead atoms. The number of hydrogen-bond donors (Lipinski definition) is 1. The van der Waals surface area contributed by atoms with E-state index in [9.17, 15) is 14.9 Å². The summed E-state index contributed by atoms with van der Waals surface area (Å²) in [5, 5.41) is 19.6. The van der Waals surface area contributed by atoms with Crippen molar-refractivity contribution in [3.8, 4) is 10.6 Å². The number of amides is 1. The molecule has 0 fully saturated rings. The predicted octanol–water partition coefficient (Wildman–Crippen LogP) is 5.11. The molecule has 0 saturated carbocycles. The second-order valence-electron chi connectivity index (χ2n) is 5.87. The van der Waals surface area contributed by atoms with Crippen LogP contribution in [0.15, 0.2) is 59.3 Å². The molecule has 0 aliphatic heterocycles. The Morgan fingerprint density at radius 1 is 1.07 bits per heavy atom. The third-order valence-corrected chi connectivity index (χ3v) is 5.68.